The second kappa shape index (κ2) is 9.13. The van der Waals surface area contributed by atoms with E-state index >= 15 is 0 Å². The van der Waals surface area contributed by atoms with Crippen LogP contribution in [0.5, 0.6) is 5.75 Å². The van der Waals surface area contributed by atoms with E-state index in [0.717, 1.165) is 10.5 Å². The predicted octanol–water partition coefficient (Wildman–Crippen LogP) is 7.33. The zero-order chi connectivity index (χ0) is 21.1. The Hall–Kier alpha value is -2.46. The Kier molecular flexibility index (Phi) is 6.33. The van der Waals surface area contributed by atoms with Crippen LogP contribution in [0.3, 0.4) is 0 Å². The summed E-state index contributed by atoms with van der Waals surface area (Å²) in [4.78, 5) is 14.1. The van der Waals surface area contributed by atoms with Crippen LogP contribution in [0.4, 0.5) is 0 Å². The summed E-state index contributed by atoms with van der Waals surface area (Å²) in [6.07, 6.45) is 6.17. The number of aromatic hydroxyl groups is 1. The molecule has 3 aromatic rings. The Labute approximate surface area is 182 Å². The molecule has 1 aliphatic rings. The highest BCUT2D eigenvalue weighted by molar-refractivity contribution is 7.99. The van der Waals surface area contributed by atoms with E-state index in [4.69, 9.17) is 4.42 Å². The molecule has 0 atom stereocenters. The zero-order valence-corrected chi connectivity index (χ0v) is 18.4. The molecule has 156 valence electrons. The van der Waals surface area contributed by atoms with E-state index < -0.39 is 5.63 Å². The van der Waals surface area contributed by atoms with Gasteiger partial charge in [-0.3, -0.25) is 0 Å². The van der Waals surface area contributed by atoms with E-state index in [0.29, 0.717) is 17.6 Å². The van der Waals surface area contributed by atoms with Crippen LogP contribution in [-0.2, 0) is 0 Å². The highest BCUT2D eigenvalue weighted by Crippen LogP contribution is 2.42. The van der Waals surface area contributed by atoms with Gasteiger partial charge in [-0.2, -0.15) is 0 Å². The molecule has 1 N–H and O–H groups in total. The van der Waals surface area contributed by atoms with Crippen molar-refractivity contribution in [3.63, 3.8) is 0 Å². The summed E-state index contributed by atoms with van der Waals surface area (Å²) in [5, 5.41) is 10.7. The highest BCUT2D eigenvalue weighted by atomic mass is 32.2. The van der Waals surface area contributed by atoms with Gasteiger partial charge in [0.15, 0.2) is 0 Å². The van der Waals surface area contributed by atoms with Gasteiger partial charge >= 0.3 is 5.63 Å². The minimum atomic E-state index is -0.497. The van der Waals surface area contributed by atoms with Crippen LogP contribution in [0.25, 0.3) is 11.3 Å². The fourth-order valence-electron chi connectivity index (χ4n) is 4.17. The minimum absolute atomic E-state index is 0.0281. The third kappa shape index (κ3) is 4.49. The van der Waals surface area contributed by atoms with E-state index in [2.05, 4.69) is 32.0 Å². The first-order valence-corrected chi connectivity index (χ1v) is 11.6. The molecule has 0 spiro atoms. The second-order valence-corrected chi connectivity index (χ2v) is 9.42. The molecule has 4 rings (SSSR count). The van der Waals surface area contributed by atoms with Gasteiger partial charge in [0, 0.05) is 16.5 Å². The lowest BCUT2D eigenvalue weighted by atomic mass is 9.83. The Morgan fingerprint density at radius 1 is 1.00 bits per heavy atom. The van der Waals surface area contributed by atoms with Crippen LogP contribution in [0.2, 0.25) is 0 Å². The van der Waals surface area contributed by atoms with Gasteiger partial charge in [0.25, 0.3) is 0 Å². The van der Waals surface area contributed by atoms with Crippen molar-refractivity contribution in [2.75, 3.05) is 0 Å². The maximum Gasteiger partial charge on any atom is 0.354 e. The predicted molar refractivity (Wildman–Crippen MR) is 123 cm³/mol. The van der Waals surface area contributed by atoms with Crippen molar-refractivity contribution in [1.29, 1.82) is 0 Å². The van der Waals surface area contributed by atoms with Crippen LogP contribution in [0.1, 0.15) is 68.9 Å². The van der Waals surface area contributed by atoms with Crippen molar-refractivity contribution in [3.05, 3.63) is 76.1 Å². The van der Waals surface area contributed by atoms with Gasteiger partial charge in [-0.25, -0.2) is 4.79 Å². The number of rotatable bonds is 5. The Balaban J connectivity index is 1.72. The van der Waals surface area contributed by atoms with Gasteiger partial charge in [0.05, 0.1) is 0 Å². The van der Waals surface area contributed by atoms with Gasteiger partial charge < -0.3 is 9.52 Å². The fraction of sp³-hybridized carbons (Fsp3) is 0.346. The maximum absolute atomic E-state index is 12.8. The van der Waals surface area contributed by atoms with Crippen LogP contribution in [-0.4, -0.2) is 5.11 Å². The molecule has 0 aliphatic heterocycles. The van der Waals surface area contributed by atoms with Crippen LogP contribution < -0.4 is 5.63 Å². The van der Waals surface area contributed by atoms with Gasteiger partial charge in [-0.1, -0.05) is 87.3 Å². The van der Waals surface area contributed by atoms with Crippen molar-refractivity contribution in [1.82, 2.24) is 0 Å². The summed E-state index contributed by atoms with van der Waals surface area (Å²) < 4.78 is 5.57. The molecule has 0 unspecified atom stereocenters. The molecule has 1 fully saturated rings. The van der Waals surface area contributed by atoms with Crippen molar-refractivity contribution in [2.45, 2.75) is 67.6 Å². The SMILES string of the molecule is CC(C)c1ccc(C2CCCCC2)c(Sc2c(O)cc(-c3ccccc3)oc2=O)c1. The van der Waals surface area contributed by atoms with E-state index in [1.807, 2.05) is 30.3 Å². The second-order valence-electron chi connectivity index (χ2n) is 8.37. The first-order valence-electron chi connectivity index (χ1n) is 10.8. The molecular weight excluding hydrogens is 392 g/mol. The van der Waals surface area contributed by atoms with E-state index in [1.54, 1.807) is 6.07 Å². The summed E-state index contributed by atoms with van der Waals surface area (Å²) in [5.74, 6) is 1.26. The normalized spacial score (nSPS) is 14.9. The number of hydrogen-bond acceptors (Lipinski definition) is 4. The smallest absolute Gasteiger partial charge is 0.354 e. The minimum Gasteiger partial charge on any atom is -0.506 e. The molecule has 1 aliphatic carbocycles. The maximum atomic E-state index is 12.8. The zero-order valence-electron chi connectivity index (χ0n) is 17.6. The average Bonchev–Trinajstić information content (AvgIpc) is 2.77. The van der Waals surface area contributed by atoms with Crippen molar-refractivity contribution < 1.29 is 9.52 Å². The first-order chi connectivity index (χ1) is 14.5. The summed E-state index contributed by atoms with van der Waals surface area (Å²) in [5.41, 5.74) is 2.80. The molecule has 4 heteroatoms. The monoisotopic (exact) mass is 420 g/mol. The number of hydrogen-bond donors (Lipinski definition) is 1. The van der Waals surface area contributed by atoms with Crippen molar-refractivity contribution in [3.8, 4) is 17.1 Å². The van der Waals surface area contributed by atoms with Gasteiger partial charge in [0.2, 0.25) is 0 Å². The van der Waals surface area contributed by atoms with E-state index in [-0.39, 0.29) is 10.6 Å². The van der Waals surface area contributed by atoms with Gasteiger partial charge in [0.1, 0.15) is 16.4 Å². The molecule has 0 radical (unpaired) electrons. The number of benzene rings is 2. The quantitative estimate of drug-likeness (QED) is 0.469. The Morgan fingerprint density at radius 2 is 1.73 bits per heavy atom. The largest absolute Gasteiger partial charge is 0.506 e. The highest BCUT2D eigenvalue weighted by Gasteiger charge is 2.22. The Bertz CT molecular complexity index is 1060. The molecule has 3 nitrogen and oxygen atoms in total. The molecule has 0 saturated heterocycles. The lowest BCUT2D eigenvalue weighted by molar-refractivity contribution is 0.430. The molecule has 0 bridgehead atoms. The van der Waals surface area contributed by atoms with E-state index in [1.165, 1.54) is 55.0 Å². The van der Waals surface area contributed by atoms with E-state index in [9.17, 15) is 9.90 Å². The average molecular weight is 421 g/mol. The first kappa shape index (κ1) is 20.8. The van der Waals surface area contributed by atoms with Crippen molar-refractivity contribution >= 4 is 11.8 Å². The van der Waals surface area contributed by atoms with Crippen LogP contribution in [0.15, 0.2) is 73.6 Å². The topological polar surface area (TPSA) is 50.4 Å². The summed E-state index contributed by atoms with van der Waals surface area (Å²) in [6, 6.07) is 17.5. The van der Waals surface area contributed by atoms with Crippen molar-refractivity contribution in [2.24, 2.45) is 0 Å². The van der Waals surface area contributed by atoms with Crippen LogP contribution >= 0.6 is 11.8 Å². The molecule has 0 amide bonds. The summed E-state index contributed by atoms with van der Waals surface area (Å²) >= 11 is 1.34. The third-order valence-electron chi connectivity index (χ3n) is 5.91. The molecule has 2 aromatic carbocycles. The molecule has 1 saturated carbocycles. The fourth-order valence-corrected chi connectivity index (χ4v) is 5.22. The molecule has 30 heavy (non-hydrogen) atoms. The van der Waals surface area contributed by atoms with Crippen LogP contribution in [0, 0.1) is 0 Å². The Morgan fingerprint density at radius 3 is 2.40 bits per heavy atom. The lowest BCUT2D eigenvalue weighted by Gasteiger charge is -2.25. The molecular formula is C26H28O3S. The van der Waals surface area contributed by atoms with Gasteiger partial charge in [-0.15, -0.1) is 0 Å². The van der Waals surface area contributed by atoms with Gasteiger partial charge in [-0.05, 0) is 41.9 Å². The molecule has 1 aromatic heterocycles. The standard InChI is InChI=1S/C26H28O3S/c1-17(2)20-13-14-21(18-9-5-3-6-10-18)24(15-20)30-25-22(27)16-23(29-26(25)28)19-11-7-4-8-12-19/h4,7-8,11-18,27H,3,5-6,9-10H2,1-2H3. The lowest BCUT2D eigenvalue weighted by Crippen LogP contribution is -2.08. The molecule has 1 heterocycles. The third-order valence-corrected chi connectivity index (χ3v) is 7.06. The summed E-state index contributed by atoms with van der Waals surface area (Å²) in [7, 11) is 0. The summed E-state index contributed by atoms with van der Waals surface area (Å²) in [6.45, 7) is 4.34.